The summed E-state index contributed by atoms with van der Waals surface area (Å²) in [7, 11) is 0. The van der Waals surface area contributed by atoms with E-state index in [0.29, 0.717) is 0 Å². The van der Waals surface area contributed by atoms with E-state index in [4.69, 9.17) is 16.3 Å². The maximum absolute atomic E-state index is 11.8. The number of nitrogens with one attached hydrogen (secondary N) is 1. The van der Waals surface area contributed by atoms with Crippen LogP contribution in [0.3, 0.4) is 0 Å². The number of carbonyl (C=O) groups is 2. The topological polar surface area (TPSA) is 75.6 Å². The van der Waals surface area contributed by atoms with Crippen molar-refractivity contribution in [2.24, 2.45) is 0 Å². The third-order valence-electron chi connectivity index (χ3n) is 4.02. The first-order valence-electron chi connectivity index (χ1n) is 7.42. The zero-order valence-electron chi connectivity index (χ0n) is 12.7. The van der Waals surface area contributed by atoms with Crippen LogP contribution in [-0.4, -0.2) is 29.8 Å². The van der Waals surface area contributed by atoms with Gasteiger partial charge in [-0.05, 0) is 22.3 Å². The first-order valence-corrected chi connectivity index (χ1v) is 7.42. The Morgan fingerprint density at radius 3 is 2.17 bits per heavy atom. The molecule has 1 amide bonds. The summed E-state index contributed by atoms with van der Waals surface area (Å²) < 4.78 is 5.21. The first kappa shape index (κ1) is 15.6. The zero-order chi connectivity index (χ0) is 17.1. The number of terminal acetylenes is 1. The lowest BCUT2D eigenvalue weighted by atomic mass is 9.98. The molecule has 1 atom stereocenters. The van der Waals surface area contributed by atoms with E-state index < -0.39 is 18.1 Å². The van der Waals surface area contributed by atoms with Gasteiger partial charge in [0.2, 0.25) is 0 Å². The minimum Gasteiger partial charge on any atom is -0.479 e. The summed E-state index contributed by atoms with van der Waals surface area (Å²) in [5, 5.41) is 11.0. The molecular weight excluding hydrogens is 306 g/mol. The zero-order valence-corrected chi connectivity index (χ0v) is 12.7. The predicted molar refractivity (Wildman–Crippen MR) is 88.5 cm³/mol. The number of rotatable bonds is 4. The van der Waals surface area contributed by atoms with Crippen LogP contribution in [0.25, 0.3) is 11.1 Å². The molecule has 0 aliphatic heterocycles. The maximum atomic E-state index is 11.8. The van der Waals surface area contributed by atoms with Gasteiger partial charge in [-0.2, -0.15) is 0 Å². The van der Waals surface area contributed by atoms with Crippen LogP contribution in [0, 0.1) is 12.3 Å². The van der Waals surface area contributed by atoms with Gasteiger partial charge in [0.15, 0.2) is 6.04 Å². The predicted octanol–water partition coefficient (Wildman–Crippen LogP) is 2.61. The second kappa shape index (κ2) is 6.47. The van der Waals surface area contributed by atoms with Crippen molar-refractivity contribution in [3.8, 4) is 23.5 Å². The summed E-state index contributed by atoms with van der Waals surface area (Å²) >= 11 is 0. The summed E-state index contributed by atoms with van der Waals surface area (Å²) in [6.07, 6.45) is 4.22. The van der Waals surface area contributed by atoms with Gasteiger partial charge in [-0.25, -0.2) is 9.59 Å². The van der Waals surface area contributed by atoms with E-state index in [1.165, 1.54) is 0 Å². The van der Waals surface area contributed by atoms with E-state index in [1.54, 1.807) is 0 Å². The third kappa shape index (κ3) is 2.82. The van der Waals surface area contributed by atoms with Crippen molar-refractivity contribution in [3.05, 3.63) is 59.7 Å². The number of hydrogen-bond donors (Lipinski definition) is 2. The molecule has 0 fully saturated rings. The van der Waals surface area contributed by atoms with Gasteiger partial charge in [0.05, 0.1) is 0 Å². The van der Waals surface area contributed by atoms with Crippen LogP contribution >= 0.6 is 0 Å². The highest BCUT2D eigenvalue weighted by atomic mass is 16.5. The summed E-state index contributed by atoms with van der Waals surface area (Å²) in [5.74, 6) is 0.594. The Balaban J connectivity index is 1.75. The van der Waals surface area contributed by atoms with Crippen molar-refractivity contribution in [2.45, 2.75) is 12.0 Å². The fourth-order valence-corrected chi connectivity index (χ4v) is 2.93. The number of aliphatic carboxylic acids is 1. The average Bonchev–Trinajstić information content (AvgIpc) is 2.91. The van der Waals surface area contributed by atoms with E-state index in [-0.39, 0.29) is 12.5 Å². The standard InChI is InChI=1S/C19H15NO4/c1-2-17(18(21)22)20-19(23)24-11-16-14-9-5-3-7-12(14)13-8-4-6-10-15(13)16/h1,3-10,16-17H,11H2,(H,20,23)(H,21,22). The molecule has 0 saturated heterocycles. The van der Waals surface area contributed by atoms with Crippen molar-refractivity contribution < 1.29 is 19.4 Å². The van der Waals surface area contributed by atoms with Crippen LogP contribution < -0.4 is 5.32 Å². The van der Waals surface area contributed by atoms with Gasteiger partial charge in [0.1, 0.15) is 6.61 Å². The normalized spacial score (nSPS) is 13.3. The lowest BCUT2D eigenvalue weighted by Gasteiger charge is -2.15. The molecule has 5 heteroatoms. The molecule has 0 saturated carbocycles. The summed E-state index contributed by atoms with van der Waals surface area (Å²) in [6.45, 7) is 0.108. The largest absolute Gasteiger partial charge is 0.479 e. The average molecular weight is 321 g/mol. The Bertz CT molecular complexity index is 792. The highest BCUT2D eigenvalue weighted by Gasteiger charge is 2.29. The number of carboxylic acid groups (broad SMARTS) is 1. The number of hydrogen-bond acceptors (Lipinski definition) is 3. The molecular formula is C19H15NO4. The monoisotopic (exact) mass is 321 g/mol. The molecule has 0 bridgehead atoms. The van der Waals surface area contributed by atoms with E-state index in [2.05, 4.69) is 5.32 Å². The van der Waals surface area contributed by atoms with E-state index in [0.717, 1.165) is 22.3 Å². The first-order chi connectivity index (χ1) is 11.6. The molecule has 2 N–H and O–H groups in total. The van der Waals surface area contributed by atoms with Crippen LogP contribution in [0.5, 0.6) is 0 Å². The third-order valence-corrected chi connectivity index (χ3v) is 4.02. The van der Waals surface area contributed by atoms with Gasteiger partial charge < -0.3 is 9.84 Å². The van der Waals surface area contributed by atoms with Gasteiger partial charge in [0, 0.05) is 5.92 Å². The minimum atomic E-state index is -1.40. The maximum Gasteiger partial charge on any atom is 0.408 e. The molecule has 0 heterocycles. The van der Waals surface area contributed by atoms with Crippen LogP contribution in [0.2, 0.25) is 0 Å². The van der Waals surface area contributed by atoms with Crippen molar-refractivity contribution in [2.75, 3.05) is 6.61 Å². The molecule has 2 aromatic carbocycles. The van der Waals surface area contributed by atoms with Gasteiger partial charge in [0.25, 0.3) is 0 Å². The van der Waals surface area contributed by atoms with Crippen LogP contribution in [-0.2, 0) is 9.53 Å². The number of carboxylic acids is 1. The molecule has 3 rings (SSSR count). The van der Waals surface area contributed by atoms with Crippen molar-refractivity contribution in [3.63, 3.8) is 0 Å². The van der Waals surface area contributed by atoms with E-state index in [1.807, 2.05) is 54.5 Å². The molecule has 1 aliphatic rings. The molecule has 0 radical (unpaired) electrons. The van der Waals surface area contributed by atoms with Gasteiger partial charge in [-0.1, -0.05) is 54.5 Å². The van der Waals surface area contributed by atoms with Gasteiger partial charge >= 0.3 is 12.1 Å². The SMILES string of the molecule is C#CC(NC(=O)OCC1c2ccccc2-c2ccccc21)C(=O)O. The van der Waals surface area contributed by atoms with Crippen LogP contribution in [0.4, 0.5) is 4.79 Å². The number of ether oxygens (including phenoxy) is 1. The molecule has 5 nitrogen and oxygen atoms in total. The lowest BCUT2D eigenvalue weighted by Crippen LogP contribution is -2.40. The Morgan fingerprint density at radius 2 is 1.67 bits per heavy atom. The number of alkyl carbamates (subject to hydrolysis) is 1. The number of benzene rings is 2. The van der Waals surface area contributed by atoms with Gasteiger partial charge in [-0.3, -0.25) is 5.32 Å². The summed E-state index contributed by atoms with van der Waals surface area (Å²) in [5.41, 5.74) is 4.40. The molecule has 0 spiro atoms. The number of amides is 1. The van der Waals surface area contributed by atoms with Crippen molar-refractivity contribution in [1.29, 1.82) is 0 Å². The second-order valence-electron chi connectivity index (χ2n) is 5.41. The quantitative estimate of drug-likeness (QED) is 0.849. The minimum absolute atomic E-state index is 0.0859. The molecule has 120 valence electrons. The molecule has 24 heavy (non-hydrogen) atoms. The van der Waals surface area contributed by atoms with Crippen molar-refractivity contribution >= 4 is 12.1 Å². The molecule has 0 aromatic heterocycles. The Morgan fingerprint density at radius 1 is 1.12 bits per heavy atom. The second-order valence-corrected chi connectivity index (χ2v) is 5.41. The number of fused-ring (bicyclic) bond motifs is 3. The highest BCUT2D eigenvalue weighted by Crippen LogP contribution is 2.44. The van der Waals surface area contributed by atoms with Crippen LogP contribution in [0.1, 0.15) is 17.0 Å². The lowest BCUT2D eigenvalue weighted by molar-refractivity contribution is -0.137. The molecule has 1 unspecified atom stereocenters. The highest BCUT2D eigenvalue weighted by molar-refractivity contribution is 5.83. The summed E-state index contributed by atoms with van der Waals surface area (Å²) in [6, 6.07) is 14.5. The fraction of sp³-hybridized carbons (Fsp3) is 0.158. The van der Waals surface area contributed by atoms with Crippen molar-refractivity contribution in [1.82, 2.24) is 5.32 Å². The Hall–Kier alpha value is -3.26. The summed E-state index contributed by atoms with van der Waals surface area (Å²) in [4.78, 5) is 22.6. The fourth-order valence-electron chi connectivity index (χ4n) is 2.93. The van der Waals surface area contributed by atoms with Crippen LogP contribution in [0.15, 0.2) is 48.5 Å². The Kier molecular flexibility index (Phi) is 4.21. The number of carbonyl (C=O) groups excluding carboxylic acids is 1. The van der Waals surface area contributed by atoms with Gasteiger partial charge in [-0.15, -0.1) is 6.42 Å². The molecule has 1 aliphatic carbocycles. The Labute approximate surface area is 139 Å². The van der Waals surface area contributed by atoms with E-state index >= 15 is 0 Å². The van der Waals surface area contributed by atoms with E-state index in [9.17, 15) is 9.59 Å². The smallest absolute Gasteiger partial charge is 0.408 e. The molecule has 2 aromatic rings.